The second-order valence-electron chi connectivity index (χ2n) is 4.15. The van der Waals surface area contributed by atoms with Crippen molar-refractivity contribution in [2.75, 3.05) is 11.5 Å². The first-order chi connectivity index (χ1) is 9.13. The van der Waals surface area contributed by atoms with E-state index in [-0.39, 0.29) is 11.7 Å². The minimum atomic E-state index is -0.291. The number of aromatic nitrogens is 2. The van der Waals surface area contributed by atoms with Gasteiger partial charge in [-0.05, 0) is 18.2 Å². The number of hydrogen-bond acceptors (Lipinski definition) is 5. The summed E-state index contributed by atoms with van der Waals surface area (Å²) < 4.78 is 5.17. The van der Waals surface area contributed by atoms with E-state index < -0.39 is 0 Å². The summed E-state index contributed by atoms with van der Waals surface area (Å²) in [5, 5.41) is 4.89. The Morgan fingerprint density at radius 2 is 2.00 bits per heavy atom. The number of benzene rings is 1. The van der Waals surface area contributed by atoms with Crippen LogP contribution in [-0.2, 0) is 4.79 Å². The standard InChI is InChI=1S/C12H8Cl2N2O2S/c13-7-1-6(2-8(14)3-7)11-15-12(18-16-11)9-4-19-5-10(9)17/h1-3,9H,4-5H2. The van der Waals surface area contributed by atoms with Crippen molar-refractivity contribution in [1.29, 1.82) is 0 Å². The number of halogens is 2. The third-order valence-electron chi connectivity index (χ3n) is 2.78. The van der Waals surface area contributed by atoms with Crippen LogP contribution in [0.2, 0.25) is 10.0 Å². The largest absolute Gasteiger partial charge is 0.338 e. The number of carbonyl (C=O) groups excluding carboxylic acids is 1. The molecule has 1 aliphatic heterocycles. The minimum Gasteiger partial charge on any atom is -0.338 e. The second kappa shape index (κ2) is 5.15. The maximum Gasteiger partial charge on any atom is 0.238 e. The van der Waals surface area contributed by atoms with Gasteiger partial charge in [-0.1, -0.05) is 28.4 Å². The molecule has 98 valence electrons. The van der Waals surface area contributed by atoms with Crippen LogP contribution in [0.3, 0.4) is 0 Å². The zero-order chi connectivity index (χ0) is 13.4. The summed E-state index contributed by atoms with van der Waals surface area (Å²) in [4.78, 5) is 15.9. The van der Waals surface area contributed by atoms with Crippen molar-refractivity contribution in [3.8, 4) is 11.4 Å². The Kier molecular flexibility index (Phi) is 3.52. The topological polar surface area (TPSA) is 56.0 Å². The lowest BCUT2D eigenvalue weighted by molar-refractivity contribution is -0.117. The lowest BCUT2D eigenvalue weighted by Gasteiger charge is -1.98. The molecular formula is C12H8Cl2N2O2S. The molecule has 1 saturated heterocycles. The number of rotatable bonds is 2. The summed E-state index contributed by atoms with van der Waals surface area (Å²) in [5.41, 5.74) is 0.672. The van der Waals surface area contributed by atoms with Gasteiger partial charge in [0, 0.05) is 21.4 Å². The van der Waals surface area contributed by atoms with Crippen LogP contribution in [0, 0.1) is 0 Å². The van der Waals surface area contributed by atoms with E-state index in [0.29, 0.717) is 38.8 Å². The van der Waals surface area contributed by atoms with Gasteiger partial charge < -0.3 is 4.52 Å². The highest BCUT2D eigenvalue weighted by Gasteiger charge is 2.31. The molecule has 0 aliphatic carbocycles. The molecule has 19 heavy (non-hydrogen) atoms. The highest BCUT2D eigenvalue weighted by Crippen LogP contribution is 2.31. The average molecular weight is 315 g/mol. The van der Waals surface area contributed by atoms with Crippen LogP contribution in [-0.4, -0.2) is 27.4 Å². The van der Waals surface area contributed by atoms with E-state index in [4.69, 9.17) is 27.7 Å². The number of Topliss-reactive ketones (excluding diaryl/α,β-unsaturated/α-hetero) is 1. The molecule has 1 aliphatic rings. The molecule has 1 fully saturated rings. The summed E-state index contributed by atoms with van der Waals surface area (Å²) in [6.07, 6.45) is 0. The zero-order valence-electron chi connectivity index (χ0n) is 9.60. The van der Waals surface area contributed by atoms with E-state index in [0.717, 1.165) is 0 Å². The highest BCUT2D eigenvalue weighted by atomic mass is 35.5. The number of thioether (sulfide) groups is 1. The summed E-state index contributed by atoms with van der Waals surface area (Å²) in [6.45, 7) is 0. The molecule has 4 nitrogen and oxygen atoms in total. The first kappa shape index (κ1) is 13.0. The van der Waals surface area contributed by atoms with Gasteiger partial charge in [0.05, 0.1) is 5.75 Å². The zero-order valence-corrected chi connectivity index (χ0v) is 11.9. The Labute approximate surface area is 123 Å². The molecule has 2 aromatic rings. The molecule has 1 unspecified atom stereocenters. The van der Waals surface area contributed by atoms with Crippen molar-refractivity contribution >= 4 is 40.7 Å². The van der Waals surface area contributed by atoms with Crippen LogP contribution in [0.4, 0.5) is 0 Å². The Morgan fingerprint density at radius 3 is 2.63 bits per heavy atom. The van der Waals surface area contributed by atoms with Crippen LogP contribution in [0.5, 0.6) is 0 Å². The molecule has 3 rings (SSSR count). The van der Waals surface area contributed by atoms with Gasteiger partial charge in [-0.2, -0.15) is 16.7 Å². The fraction of sp³-hybridized carbons (Fsp3) is 0.250. The van der Waals surface area contributed by atoms with Crippen molar-refractivity contribution in [2.24, 2.45) is 0 Å². The van der Waals surface area contributed by atoms with Gasteiger partial charge in [0.2, 0.25) is 11.7 Å². The summed E-state index contributed by atoms with van der Waals surface area (Å²) in [5.74, 6) is 1.79. The van der Waals surface area contributed by atoms with Gasteiger partial charge in [0.15, 0.2) is 5.78 Å². The molecular weight excluding hydrogens is 307 g/mol. The van der Waals surface area contributed by atoms with Crippen molar-refractivity contribution in [2.45, 2.75) is 5.92 Å². The SMILES string of the molecule is O=C1CSCC1c1nc(-c2cc(Cl)cc(Cl)c2)no1. The van der Waals surface area contributed by atoms with Gasteiger partial charge >= 0.3 is 0 Å². The second-order valence-corrected chi connectivity index (χ2v) is 6.05. The summed E-state index contributed by atoms with van der Waals surface area (Å²) >= 11 is 13.4. The van der Waals surface area contributed by atoms with Gasteiger partial charge in [-0.25, -0.2) is 0 Å². The van der Waals surface area contributed by atoms with Crippen LogP contribution in [0.25, 0.3) is 11.4 Å². The predicted molar refractivity (Wildman–Crippen MR) is 74.8 cm³/mol. The molecule has 1 atom stereocenters. The molecule has 0 N–H and O–H groups in total. The van der Waals surface area contributed by atoms with Gasteiger partial charge in [-0.3, -0.25) is 4.79 Å². The number of hydrogen-bond donors (Lipinski definition) is 0. The van der Waals surface area contributed by atoms with Crippen molar-refractivity contribution < 1.29 is 9.32 Å². The number of carbonyl (C=O) groups is 1. The lowest BCUT2D eigenvalue weighted by Crippen LogP contribution is -2.09. The first-order valence-electron chi connectivity index (χ1n) is 5.54. The van der Waals surface area contributed by atoms with E-state index in [1.54, 1.807) is 30.0 Å². The minimum absolute atomic E-state index is 0.129. The van der Waals surface area contributed by atoms with Gasteiger partial charge in [-0.15, -0.1) is 0 Å². The molecule has 0 amide bonds. The molecule has 0 radical (unpaired) electrons. The Hall–Kier alpha value is -1.04. The van der Waals surface area contributed by atoms with Crippen molar-refractivity contribution in [3.63, 3.8) is 0 Å². The monoisotopic (exact) mass is 314 g/mol. The van der Waals surface area contributed by atoms with Crippen molar-refractivity contribution in [3.05, 3.63) is 34.1 Å². The molecule has 0 saturated carbocycles. The Balaban J connectivity index is 1.94. The third-order valence-corrected chi connectivity index (χ3v) is 4.27. The van der Waals surface area contributed by atoms with Gasteiger partial charge in [0.25, 0.3) is 0 Å². The maximum absolute atomic E-state index is 11.6. The van der Waals surface area contributed by atoms with Gasteiger partial charge in [0.1, 0.15) is 5.92 Å². The van der Waals surface area contributed by atoms with Crippen LogP contribution < -0.4 is 0 Å². The summed E-state index contributed by atoms with van der Waals surface area (Å²) in [7, 11) is 0. The predicted octanol–water partition coefficient (Wildman–Crippen LogP) is 3.44. The van der Waals surface area contributed by atoms with E-state index in [2.05, 4.69) is 10.1 Å². The highest BCUT2D eigenvalue weighted by molar-refractivity contribution is 8.00. The quantitative estimate of drug-likeness (QED) is 0.849. The molecule has 0 spiro atoms. The normalized spacial score (nSPS) is 19.1. The summed E-state index contributed by atoms with van der Waals surface area (Å²) in [6, 6.07) is 5.03. The average Bonchev–Trinajstić information content (AvgIpc) is 2.95. The van der Waals surface area contributed by atoms with Crippen LogP contribution >= 0.6 is 35.0 Å². The Morgan fingerprint density at radius 1 is 1.26 bits per heavy atom. The van der Waals surface area contributed by atoms with Crippen molar-refractivity contribution in [1.82, 2.24) is 10.1 Å². The molecule has 1 aromatic carbocycles. The number of ketones is 1. The smallest absolute Gasteiger partial charge is 0.238 e. The van der Waals surface area contributed by atoms with E-state index in [1.165, 1.54) is 0 Å². The molecule has 7 heteroatoms. The maximum atomic E-state index is 11.6. The first-order valence-corrected chi connectivity index (χ1v) is 7.45. The third kappa shape index (κ3) is 2.63. The van der Waals surface area contributed by atoms with Crippen LogP contribution in [0.15, 0.2) is 22.7 Å². The lowest BCUT2D eigenvalue weighted by atomic mass is 10.1. The number of nitrogens with zero attached hydrogens (tertiary/aromatic N) is 2. The fourth-order valence-electron chi connectivity index (χ4n) is 1.86. The molecule has 2 heterocycles. The Bertz CT molecular complexity index is 624. The molecule has 0 bridgehead atoms. The van der Waals surface area contributed by atoms with E-state index >= 15 is 0 Å². The molecule has 1 aromatic heterocycles. The fourth-order valence-corrected chi connectivity index (χ4v) is 3.47. The van der Waals surface area contributed by atoms with E-state index in [9.17, 15) is 4.79 Å². The van der Waals surface area contributed by atoms with Crippen LogP contribution in [0.1, 0.15) is 11.8 Å². The van der Waals surface area contributed by atoms with E-state index in [1.807, 2.05) is 0 Å².